The number of nitrogens with zero attached hydrogens (tertiary/aromatic N) is 1. The van der Waals surface area contributed by atoms with E-state index in [2.05, 4.69) is 17.0 Å². The van der Waals surface area contributed by atoms with Gasteiger partial charge in [-0.15, -0.1) is 0 Å². The molecule has 1 saturated heterocycles. The molecule has 1 aromatic rings. The molecule has 1 aliphatic carbocycles. The lowest BCUT2D eigenvalue weighted by atomic mass is 10.1. The molecule has 1 aliphatic heterocycles. The molecule has 0 bridgehead atoms. The highest BCUT2D eigenvalue weighted by molar-refractivity contribution is 5.46. The minimum atomic E-state index is 0.430. The van der Waals surface area contributed by atoms with Crippen molar-refractivity contribution in [2.24, 2.45) is 0 Å². The molecule has 1 atom stereocenters. The summed E-state index contributed by atoms with van der Waals surface area (Å²) in [6, 6.07) is 8.98. The number of nitrogens with two attached hydrogens (primary N) is 1. The fourth-order valence-electron chi connectivity index (χ4n) is 2.89. The Bertz CT molecular complexity index is 411. The monoisotopic (exact) mass is 260 g/mol. The van der Waals surface area contributed by atoms with E-state index in [1.165, 1.54) is 37.7 Å². The number of para-hydroxylation sites is 1. The Hall–Kier alpha value is -1.06. The van der Waals surface area contributed by atoms with Crippen LogP contribution in [0.4, 0.5) is 5.69 Å². The summed E-state index contributed by atoms with van der Waals surface area (Å²) in [4.78, 5) is 2.57. The first-order chi connectivity index (χ1) is 9.33. The average Bonchev–Trinajstić information content (AvgIpc) is 3.26. The number of benzene rings is 1. The molecular weight excluding hydrogens is 236 g/mol. The van der Waals surface area contributed by atoms with Crippen molar-refractivity contribution >= 4 is 5.69 Å². The second kappa shape index (κ2) is 5.93. The molecule has 0 amide bonds. The van der Waals surface area contributed by atoms with Crippen LogP contribution in [0.2, 0.25) is 0 Å². The van der Waals surface area contributed by atoms with Crippen molar-refractivity contribution in [3.05, 3.63) is 29.8 Å². The van der Waals surface area contributed by atoms with Crippen LogP contribution in [-0.4, -0.2) is 30.2 Å². The van der Waals surface area contributed by atoms with E-state index in [1.54, 1.807) is 0 Å². The first-order valence-corrected chi connectivity index (χ1v) is 7.52. The lowest BCUT2D eigenvalue weighted by Crippen LogP contribution is -2.37. The van der Waals surface area contributed by atoms with E-state index in [1.807, 2.05) is 12.1 Å². The van der Waals surface area contributed by atoms with Gasteiger partial charge in [0.1, 0.15) is 0 Å². The van der Waals surface area contributed by atoms with Gasteiger partial charge in [0, 0.05) is 31.4 Å². The molecular formula is C16H24N2O. The van der Waals surface area contributed by atoms with Gasteiger partial charge < -0.3 is 10.5 Å². The predicted octanol–water partition coefficient (Wildman–Crippen LogP) is 2.80. The molecule has 3 rings (SSSR count). The van der Waals surface area contributed by atoms with Crippen molar-refractivity contribution in [1.29, 1.82) is 0 Å². The molecule has 0 aromatic heterocycles. The summed E-state index contributed by atoms with van der Waals surface area (Å²) in [7, 11) is 0. The zero-order valence-electron chi connectivity index (χ0n) is 11.6. The van der Waals surface area contributed by atoms with Crippen molar-refractivity contribution in [3.63, 3.8) is 0 Å². The normalized spacial score (nSPS) is 23.7. The quantitative estimate of drug-likeness (QED) is 0.827. The number of rotatable bonds is 5. The second-order valence-electron chi connectivity index (χ2n) is 5.85. The van der Waals surface area contributed by atoms with Gasteiger partial charge in [-0.05, 0) is 43.7 Å². The fraction of sp³-hybridized carbons (Fsp3) is 0.625. The van der Waals surface area contributed by atoms with Crippen molar-refractivity contribution in [3.8, 4) is 0 Å². The van der Waals surface area contributed by atoms with Gasteiger partial charge >= 0.3 is 0 Å². The Morgan fingerprint density at radius 1 is 1.16 bits per heavy atom. The topological polar surface area (TPSA) is 38.5 Å². The number of nitrogen functional groups attached to an aromatic ring is 1. The van der Waals surface area contributed by atoms with Gasteiger partial charge in [-0.3, -0.25) is 4.90 Å². The van der Waals surface area contributed by atoms with Crippen LogP contribution < -0.4 is 5.73 Å². The Kier molecular flexibility index (Phi) is 4.04. The van der Waals surface area contributed by atoms with E-state index >= 15 is 0 Å². The minimum absolute atomic E-state index is 0.430. The van der Waals surface area contributed by atoms with Gasteiger partial charge in [-0.1, -0.05) is 18.2 Å². The number of anilines is 1. The third-order valence-corrected chi connectivity index (χ3v) is 4.20. The number of hydrogen-bond acceptors (Lipinski definition) is 3. The third kappa shape index (κ3) is 3.48. The van der Waals surface area contributed by atoms with E-state index in [0.717, 1.165) is 31.4 Å². The standard InChI is InChI=1S/C16H24N2O/c17-16-7-2-1-5-13(16)11-18(14-8-9-14)12-15-6-3-4-10-19-15/h1-2,5,7,14-15H,3-4,6,8-12,17H2/t15-/m0/s1. The largest absolute Gasteiger partial charge is 0.398 e. The van der Waals surface area contributed by atoms with Crippen LogP contribution in [0.3, 0.4) is 0 Å². The number of hydrogen-bond donors (Lipinski definition) is 1. The molecule has 104 valence electrons. The Labute approximate surface area is 115 Å². The van der Waals surface area contributed by atoms with Crippen LogP contribution in [0.25, 0.3) is 0 Å². The summed E-state index contributed by atoms with van der Waals surface area (Å²) in [5, 5.41) is 0. The second-order valence-corrected chi connectivity index (χ2v) is 5.85. The first kappa shape index (κ1) is 12.9. The maximum atomic E-state index is 6.06. The zero-order chi connectivity index (χ0) is 13.1. The molecule has 0 radical (unpaired) electrons. The molecule has 1 heterocycles. The average molecular weight is 260 g/mol. The van der Waals surface area contributed by atoms with Gasteiger partial charge in [-0.25, -0.2) is 0 Å². The van der Waals surface area contributed by atoms with Gasteiger partial charge in [0.15, 0.2) is 0 Å². The van der Waals surface area contributed by atoms with Crippen LogP contribution in [0.15, 0.2) is 24.3 Å². The van der Waals surface area contributed by atoms with E-state index in [9.17, 15) is 0 Å². The van der Waals surface area contributed by atoms with Crippen LogP contribution in [-0.2, 0) is 11.3 Å². The van der Waals surface area contributed by atoms with E-state index in [-0.39, 0.29) is 0 Å². The highest BCUT2D eigenvalue weighted by Crippen LogP contribution is 2.30. The molecule has 1 saturated carbocycles. The van der Waals surface area contributed by atoms with Crippen LogP contribution in [0.1, 0.15) is 37.7 Å². The minimum Gasteiger partial charge on any atom is -0.398 e. The molecule has 0 unspecified atom stereocenters. The van der Waals surface area contributed by atoms with Crippen LogP contribution in [0.5, 0.6) is 0 Å². The lowest BCUT2D eigenvalue weighted by molar-refractivity contribution is -0.00876. The first-order valence-electron chi connectivity index (χ1n) is 7.52. The van der Waals surface area contributed by atoms with Gasteiger partial charge in [0.05, 0.1) is 6.10 Å². The Morgan fingerprint density at radius 3 is 2.68 bits per heavy atom. The highest BCUT2D eigenvalue weighted by Gasteiger charge is 2.31. The molecule has 0 spiro atoms. The van der Waals surface area contributed by atoms with Gasteiger partial charge in [0.2, 0.25) is 0 Å². The Morgan fingerprint density at radius 2 is 2.00 bits per heavy atom. The molecule has 3 nitrogen and oxygen atoms in total. The molecule has 1 aromatic carbocycles. The van der Waals surface area contributed by atoms with Crippen molar-refractivity contribution < 1.29 is 4.74 Å². The molecule has 2 fully saturated rings. The molecule has 19 heavy (non-hydrogen) atoms. The maximum Gasteiger partial charge on any atom is 0.0702 e. The summed E-state index contributed by atoms with van der Waals surface area (Å²) in [5.41, 5.74) is 8.23. The van der Waals surface area contributed by atoms with E-state index in [4.69, 9.17) is 10.5 Å². The summed E-state index contributed by atoms with van der Waals surface area (Å²) >= 11 is 0. The SMILES string of the molecule is Nc1ccccc1CN(C[C@@H]1CCCCO1)C1CC1. The maximum absolute atomic E-state index is 6.06. The highest BCUT2D eigenvalue weighted by atomic mass is 16.5. The molecule has 3 heteroatoms. The third-order valence-electron chi connectivity index (χ3n) is 4.20. The summed E-state index contributed by atoms with van der Waals surface area (Å²) in [6.07, 6.45) is 6.86. The molecule has 2 N–H and O–H groups in total. The van der Waals surface area contributed by atoms with Gasteiger partial charge in [0.25, 0.3) is 0 Å². The lowest BCUT2D eigenvalue weighted by Gasteiger charge is -2.30. The van der Waals surface area contributed by atoms with Gasteiger partial charge in [-0.2, -0.15) is 0 Å². The van der Waals surface area contributed by atoms with Crippen molar-refractivity contribution in [2.75, 3.05) is 18.9 Å². The van der Waals surface area contributed by atoms with Crippen LogP contribution in [0, 0.1) is 0 Å². The van der Waals surface area contributed by atoms with Crippen molar-refractivity contribution in [1.82, 2.24) is 4.90 Å². The number of ether oxygens (including phenoxy) is 1. The smallest absolute Gasteiger partial charge is 0.0702 e. The van der Waals surface area contributed by atoms with E-state index in [0.29, 0.717) is 6.10 Å². The molecule has 2 aliphatic rings. The summed E-state index contributed by atoms with van der Waals surface area (Å²) in [6.45, 7) is 2.98. The summed E-state index contributed by atoms with van der Waals surface area (Å²) in [5.74, 6) is 0. The zero-order valence-corrected chi connectivity index (χ0v) is 11.6. The van der Waals surface area contributed by atoms with Crippen molar-refractivity contribution in [2.45, 2.75) is 50.8 Å². The van der Waals surface area contributed by atoms with Crippen LogP contribution >= 0.6 is 0 Å². The van der Waals surface area contributed by atoms with E-state index < -0.39 is 0 Å². The summed E-state index contributed by atoms with van der Waals surface area (Å²) < 4.78 is 5.88. The Balaban J connectivity index is 1.62. The predicted molar refractivity (Wildman–Crippen MR) is 77.9 cm³/mol. The fourth-order valence-corrected chi connectivity index (χ4v) is 2.89.